The molecule has 4 heteroatoms. The van der Waals surface area contributed by atoms with Crippen LogP contribution in [-0.4, -0.2) is 47.7 Å². The highest BCUT2D eigenvalue weighted by atomic mass is 16.4. The van der Waals surface area contributed by atoms with Gasteiger partial charge in [0.1, 0.15) is 5.54 Å². The molecule has 112 valence electrons. The summed E-state index contributed by atoms with van der Waals surface area (Å²) in [5.74, 6) is 0.0543. The van der Waals surface area contributed by atoms with Crippen molar-refractivity contribution in [3.05, 3.63) is 0 Å². The van der Waals surface area contributed by atoms with E-state index in [1.165, 1.54) is 6.42 Å². The Morgan fingerprint density at radius 2 is 1.84 bits per heavy atom. The Morgan fingerprint density at radius 1 is 1.26 bits per heavy atom. The van der Waals surface area contributed by atoms with Crippen molar-refractivity contribution in [3.63, 3.8) is 0 Å². The van der Waals surface area contributed by atoms with Gasteiger partial charge in [0, 0.05) is 13.1 Å². The van der Waals surface area contributed by atoms with Crippen LogP contribution < -0.4 is 5.32 Å². The number of hydrogen-bond acceptors (Lipinski definition) is 3. The molecule has 0 bridgehead atoms. The van der Waals surface area contributed by atoms with E-state index in [9.17, 15) is 9.90 Å². The first-order valence-corrected chi connectivity index (χ1v) is 7.78. The van der Waals surface area contributed by atoms with E-state index in [1.807, 2.05) is 0 Å². The molecule has 0 aromatic carbocycles. The maximum absolute atomic E-state index is 11.6. The van der Waals surface area contributed by atoms with Crippen LogP contribution >= 0.6 is 0 Å². The largest absolute Gasteiger partial charge is 0.480 e. The summed E-state index contributed by atoms with van der Waals surface area (Å²) in [4.78, 5) is 13.9. The van der Waals surface area contributed by atoms with E-state index in [0.29, 0.717) is 0 Å². The molecule has 0 aromatic heterocycles. The SMILES string of the molecule is CCC1CCC(NCCN(CC)CC)(C(=O)O)CC1. The fraction of sp³-hybridized carbons (Fsp3) is 0.933. The number of nitrogens with one attached hydrogen (secondary N) is 1. The molecule has 0 unspecified atom stereocenters. The van der Waals surface area contributed by atoms with Gasteiger partial charge in [0.15, 0.2) is 0 Å². The summed E-state index contributed by atoms with van der Waals surface area (Å²) in [5, 5.41) is 12.9. The number of nitrogens with zero attached hydrogens (tertiary/aromatic N) is 1. The second-order valence-electron chi connectivity index (χ2n) is 5.69. The van der Waals surface area contributed by atoms with E-state index in [0.717, 1.165) is 57.8 Å². The summed E-state index contributed by atoms with van der Waals surface area (Å²) >= 11 is 0. The van der Waals surface area contributed by atoms with Crippen molar-refractivity contribution in [1.29, 1.82) is 0 Å². The summed E-state index contributed by atoms with van der Waals surface area (Å²) in [7, 11) is 0. The number of likely N-dealkylation sites (N-methyl/N-ethyl adjacent to an activating group) is 1. The molecule has 0 amide bonds. The molecular weight excluding hydrogens is 240 g/mol. The molecule has 0 atom stereocenters. The average molecular weight is 270 g/mol. The highest BCUT2D eigenvalue weighted by molar-refractivity contribution is 5.78. The van der Waals surface area contributed by atoms with E-state index in [2.05, 4.69) is 31.0 Å². The van der Waals surface area contributed by atoms with Crippen molar-refractivity contribution in [2.75, 3.05) is 26.2 Å². The fourth-order valence-electron chi connectivity index (χ4n) is 3.04. The van der Waals surface area contributed by atoms with Crippen LogP contribution in [0.3, 0.4) is 0 Å². The van der Waals surface area contributed by atoms with Crippen LogP contribution in [0.25, 0.3) is 0 Å². The van der Waals surface area contributed by atoms with Crippen molar-refractivity contribution in [2.45, 2.75) is 58.4 Å². The summed E-state index contributed by atoms with van der Waals surface area (Å²) < 4.78 is 0. The second kappa shape index (κ2) is 7.85. The van der Waals surface area contributed by atoms with E-state index in [1.54, 1.807) is 0 Å². The number of hydrogen-bond donors (Lipinski definition) is 2. The van der Waals surface area contributed by atoms with Gasteiger partial charge in [-0.2, -0.15) is 0 Å². The first-order chi connectivity index (χ1) is 9.07. The molecule has 4 nitrogen and oxygen atoms in total. The summed E-state index contributed by atoms with van der Waals surface area (Å²) in [6, 6.07) is 0. The molecule has 0 aliphatic heterocycles. The van der Waals surface area contributed by atoms with Gasteiger partial charge < -0.3 is 15.3 Å². The van der Waals surface area contributed by atoms with Gasteiger partial charge in [0.25, 0.3) is 0 Å². The van der Waals surface area contributed by atoms with Crippen molar-refractivity contribution < 1.29 is 9.90 Å². The summed E-state index contributed by atoms with van der Waals surface area (Å²) in [6.07, 6.45) is 4.81. The van der Waals surface area contributed by atoms with Gasteiger partial charge in [0.05, 0.1) is 0 Å². The minimum atomic E-state index is -0.668. The molecule has 0 heterocycles. The van der Waals surface area contributed by atoms with Gasteiger partial charge in [-0.25, -0.2) is 0 Å². The molecule has 0 aromatic rings. The monoisotopic (exact) mass is 270 g/mol. The number of rotatable bonds is 8. The standard InChI is InChI=1S/C15H30N2O2/c1-4-13-7-9-15(10-8-13,14(18)19)16-11-12-17(5-2)6-3/h13,16H,4-12H2,1-3H3,(H,18,19). The molecule has 1 saturated carbocycles. The molecule has 1 aliphatic rings. The first kappa shape index (κ1) is 16.4. The number of carbonyl (C=O) groups is 1. The van der Waals surface area contributed by atoms with Crippen molar-refractivity contribution in [2.24, 2.45) is 5.92 Å². The molecule has 0 radical (unpaired) electrons. The lowest BCUT2D eigenvalue weighted by Crippen LogP contribution is -2.55. The third-order valence-electron chi connectivity index (χ3n) is 4.73. The zero-order chi connectivity index (χ0) is 14.3. The Balaban J connectivity index is 2.47. The van der Waals surface area contributed by atoms with Crippen LogP contribution in [0, 0.1) is 5.92 Å². The molecule has 19 heavy (non-hydrogen) atoms. The van der Waals surface area contributed by atoms with Crippen molar-refractivity contribution in [3.8, 4) is 0 Å². The Hall–Kier alpha value is -0.610. The van der Waals surface area contributed by atoms with Gasteiger partial charge in [-0.15, -0.1) is 0 Å². The first-order valence-electron chi connectivity index (χ1n) is 7.78. The normalized spacial score (nSPS) is 27.7. The van der Waals surface area contributed by atoms with Crippen LogP contribution in [0.5, 0.6) is 0 Å². The lowest BCUT2D eigenvalue weighted by atomic mass is 9.75. The zero-order valence-electron chi connectivity index (χ0n) is 12.7. The minimum Gasteiger partial charge on any atom is -0.480 e. The lowest BCUT2D eigenvalue weighted by molar-refractivity contribution is -0.146. The van der Waals surface area contributed by atoms with E-state index >= 15 is 0 Å². The summed E-state index contributed by atoms with van der Waals surface area (Å²) in [6.45, 7) is 10.2. The van der Waals surface area contributed by atoms with E-state index < -0.39 is 11.5 Å². The Bertz CT molecular complexity index is 269. The fourth-order valence-corrected chi connectivity index (χ4v) is 3.04. The Labute approximate surface area is 117 Å². The van der Waals surface area contributed by atoms with Gasteiger partial charge in [-0.05, 0) is 44.7 Å². The molecular formula is C15H30N2O2. The van der Waals surface area contributed by atoms with Crippen LogP contribution in [0.2, 0.25) is 0 Å². The quantitative estimate of drug-likeness (QED) is 0.711. The third-order valence-corrected chi connectivity index (χ3v) is 4.73. The van der Waals surface area contributed by atoms with Gasteiger partial charge in [0.2, 0.25) is 0 Å². The van der Waals surface area contributed by atoms with Crippen LogP contribution in [-0.2, 0) is 4.79 Å². The Morgan fingerprint density at radius 3 is 2.26 bits per heavy atom. The van der Waals surface area contributed by atoms with Crippen LogP contribution in [0.1, 0.15) is 52.9 Å². The van der Waals surface area contributed by atoms with Gasteiger partial charge in [-0.3, -0.25) is 4.79 Å². The van der Waals surface area contributed by atoms with Gasteiger partial charge in [-0.1, -0.05) is 27.2 Å². The number of aliphatic carboxylic acids is 1. The zero-order valence-corrected chi connectivity index (χ0v) is 12.7. The molecule has 2 N–H and O–H groups in total. The highest BCUT2D eigenvalue weighted by Crippen LogP contribution is 2.33. The molecule has 0 saturated heterocycles. The Kier molecular flexibility index (Phi) is 6.80. The third kappa shape index (κ3) is 4.46. The minimum absolute atomic E-state index is 0.665. The van der Waals surface area contributed by atoms with Crippen LogP contribution in [0.15, 0.2) is 0 Å². The summed E-state index contributed by atoms with van der Waals surface area (Å²) in [5.41, 5.74) is -0.668. The van der Waals surface area contributed by atoms with Crippen molar-refractivity contribution in [1.82, 2.24) is 10.2 Å². The highest BCUT2D eigenvalue weighted by Gasteiger charge is 2.40. The van der Waals surface area contributed by atoms with E-state index in [-0.39, 0.29) is 0 Å². The van der Waals surface area contributed by atoms with Gasteiger partial charge >= 0.3 is 5.97 Å². The number of carboxylic acid groups (broad SMARTS) is 1. The predicted molar refractivity (Wildman–Crippen MR) is 78.4 cm³/mol. The second-order valence-corrected chi connectivity index (χ2v) is 5.69. The maximum Gasteiger partial charge on any atom is 0.323 e. The predicted octanol–water partition coefficient (Wildman–Crippen LogP) is 2.34. The van der Waals surface area contributed by atoms with Crippen molar-refractivity contribution >= 4 is 5.97 Å². The molecule has 1 aliphatic carbocycles. The lowest BCUT2D eigenvalue weighted by Gasteiger charge is -2.38. The molecule has 1 fully saturated rings. The molecule has 0 spiro atoms. The maximum atomic E-state index is 11.6. The number of carboxylic acids is 1. The smallest absolute Gasteiger partial charge is 0.323 e. The topological polar surface area (TPSA) is 52.6 Å². The average Bonchev–Trinajstić information content (AvgIpc) is 2.44. The molecule has 1 rings (SSSR count). The van der Waals surface area contributed by atoms with E-state index in [4.69, 9.17) is 0 Å². The van der Waals surface area contributed by atoms with Crippen LogP contribution in [0.4, 0.5) is 0 Å².